The second-order valence-corrected chi connectivity index (χ2v) is 18.3. The molecule has 262 valence electrons. The van der Waals surface area contributed by atoms with Crippen molar-refractivity contribution in [3.05, 3.63) is 156 Å². The van der Waals surface area contributed by atoms with Crippen molar-refractivity contribution in [3.63, 3.8) is 0 Å². The number of fused-ring (bicyclic) bond motifs is 4. The van der Waals surface area contributed by atoms with Crippen LogP contribution in [-0.4, -0.2) is 9.52 Å². The topological polar surface area (TPSA) is 0 Å². The minimum absolute atomic E-state index is 0.563. The van der Waals surface area contributed by atoms with Crippen molar-refractivity contribution >= 4 is 69.6 Å². The Morgan fingerprint density at radius 1 is 0.615 bits per heavy atom. The second-order valence-electron chi connectivity index (χ2n) is 13.6. The normalized spacial score (nSPS) is 10.7. The predicted molar refractivity (Wildman–Crippen MR) is 232 cm³/mol. The Morgan fingerprint density at radius 2 is 1.12 bits per heavy atom. The first-order valence-electron chi connectivity index (χ1n) is 18.2. The Kier molecular flexibility index (Phi) is 15.1. The summed E-state index contributed by atoms with van der Waals surface area (Å²) >= 11 is -0.826. The van der Waals surface area contributed by atoms with E-state index in [4.69, 9.17) is 17.0 Å². The van der Waals surface area contributed by atoms with Gasteiger partial charge in [-0.25, -0.2) is 0 Å². The van der Waals surface area contributed by atoms with Crippen LogP contribution in [0.5, 0.6) is 0 Å². The molecule has 0 aliphatic heterocycles. The van der Waals surface area contributed by atoms with Crippen molar-refractivity contribution in [2.75, 3.05) is 0 Å². The number of hydrogen-bond donors (Lipinski definition) is 0. The van der Waals surface area contributed by atoms with E-state index in [-0.39, 0.29) is 0 Å². The van der Waals surface area contributed by atoms with Crippen molar-refractivity contribution in [1.82, 2.24) is 0 Å². The van der Waals surface area contributed by atoms with Crippen LogP contribution in [0.15, 0.2) is 140 Å². The van der Waals surface area contributed by atoms with Crippen molar-refractivity contribution in [1.29, 1.82) is 0 Å². The second kappa shape index (κ2) is 19.7. The summed E-state index contributed by atoms with van der Waals surface area (Å²) in [6, 6.07) is 51.2. The Bertz CT molecular complexity index is 2330. The van der Waals surface area contributed by atoms with Crippen LogP contribution in [0.2, 0.25) is 13.1 Å². The summed E-state index contributed by atoms with van der Waals surface area (Å²) in [5, 5.41) is 10.8. The molecule has 0 bridgehead atoms. The van der Waals surface area contributed by atoms with E-state index in [9.17, 15) is 0 Å². The molecule has 0 nitrogen and oxygen atoms in total. The Morgan fingerprint density at radius 3 is 1.67 bits per heavy atom. The number of rotatable bonds is 6. The molecule has 0 aliphatic rings. The summed E-state index contributed by atoms with van der Waals surface area (Å²) < 4.78 is 0. The van der Waals surface area contributed by atoms with Crippen LogP contribution in [0.3, 0.4) is 0 Å². The van der Waals surface area contributed by atoms with Crippen molar-refractivity contribution in [2.45, 2.75) is 66.0 Å². The van der Waals surface area contributed by atoms with E-state index in [1.165, 1.54) is 101 Å². The van der Waals surface area contributed by atoms with Gasteiger partial charge < -0.3 is 0 Å². The zero-order chi connectivity index (χ0) is 37.0. The number of halogens is 2. The molecule has 0 atom stereocenters. The monoisotopic (exact) mass is 812 g/mol. The molecule has 0 heterocycles. The summed E-state index contributed by atoms with van der Waals surface area (Å²) in [5.41, 5.74) is 9.62. The maximum atomic E-state index is 4.93. The molecule has 8 aromatic carbocycles. The quantitative estimate of drug-likeness (QED) is 0.116. The summed E-state index contributed by atoms with van der Waals surface area (Å²) in [6.07, 6.45) is 3.67. The van der Waals surface area contributed by atoms with Gasteiger partial charge in [0.25, 0.3) is 0 Å². The molecule has 8 aromatic rings. The third kappa shape index (κ3) is 9.45. The Balaban J connectivity index is 0.000000175. The third-order valence-corrected chi connectivity index (χ3v) is 9.52. The predicted octanol–water partition coefficient (Wildman–Crippen LogP) is 15.7. The van der Waals surface area contributed by atoms with E-state index >= 15 is 0 Å². The molecule has 0 aliphatic carbocycles. The fourth-order valence-corrected chi connectivity index (χ4v) is 7.07. The molecule has 8 rings (SSSR count). The van der Waals surface area contributed by atoms with Crippen LogP contribution < -0.4 is 0 Å². The van der Waals surface area contributed by atoms with Gasteiger partial charge in [0.05, 0.1) is 0 Å². The molecule has 0 spiro atoms. The fourth-order valence-electron chi connectivity index (χ4n) is 7.07. The van der Waals surface area contributed by atoms with Crippen LogP contribution in [0, 0.1) is 6.92 Å². The molecular weight excluding hydrogens is 767 g/mol. The van der Waals surface area contributed by atoms with Gasteiger partial charge in [-0.15, -0.1) is 68.6 Å². The molecule has 0 N–H and O–H groups in total. The van der Waals surface area contributed by atoms with Gasteiger partial charge >= 0.3 is 37.9 Å². The van der Waals surface area contributed by atoms with Gasteiger partial charge in [-0.1, -0.05) is 168 Å². The number of hydrogen-bond acceptors (Lipinski definition) is 0. The van der Waals surface area contributed by atoms with Crippen LogP contribution >= 0.6 is 17.0 Å². The van der Waals surface area contributed by atoms with Gasteiger partial charge in [0, 0.05) is 9.52 Å². The molecule has 0 unspecified atom stereocenters. The zero-order valence-corrected chi connectivity index (χ0v) is 36.2. The van der Waals surface area contributed by atoms with Crippen LogP contribution in [-0.2, 0) is 27.3 Å². The number of benzene rings is 6. The van der Waals surface area contributed by atoms with Crippen molar-refractivity contribution in [3.8, 4) is 22.3 Å². The van der Waals surface area contributed by atoms with Crippen molar-refractivity contribution in [2.24, 2.45) is 0 Å². The first-order valence-corrected chi connectivity index (χ1v) is 26.6. The first-order chi connectivity index (χ1) is 25.3. The SMILES string of the molecule is CC(C)c1cc2c(-c3cccc4ccccc34)cccc2[cH-]1.CCCCc1ccc(-c2cccc3ccccc23)c2cc(C)[cH-]c12.C[Si]C.[Cl][Zr+2][Cl]. The van der Waals surface area contributed by atoms with E-state index in [2.05, 4.69) is 180 Å². The van der Waals surface area contributed by atoms with Gasteiger partial charge in [0.1, 0.15) is 0 Å². The maximum absolute atomic E-state index is 4.93. The van der Waals surface area contributed by atoms with Crippen molar-refractivity contribution < 1.29 is 20.8 Å². The average molecular weight is 815 g/mol. The fraction of sp³-hybridized carbons (Fsp3) is 0.208. The van der Waals surface area contributed by atoms with E-state index in [1.807, 2.05) is 0 Å². The van der Waals surface area contributed by atoms with Gasteiger partial charge in [-0.05, 0) is 38.6 Å². The summed E-state index contributed by atoms with van der Waals surface area (Å²) in [4.78, 5) is 0. The number of unbranched alkanes of at least 4 members (excludes halogenated alkanes) is 1. The van der Waals surface area contributed by atoms with Crippen LogP contribution in [0.1, 0.15) is 56.2 Å². The van der Waals surface area contributed by atoms with E-state index in [0.29, 0.717) is 5.92 Å². The molecule has 0 amide bonds. The molecule has 52 heavy (non-hydrogen) atoms. The molecular formula is C48H48Cl2SiZr. The first kappa shape index (κ1) is 39.9. The van der Waals surface area contributed by atoms with Gasteiger partial charge in [-0.2, -0.15) is 12.1 Å². The Labute approximate surface area is 332 Å². The van der Waals surface area contributed by atoms with Gasteiger partial charge in [0.2, 0.25) is 0 Å². The molecule has 0 saturated carbocycles. The van der Waals surface area contributed by atoms with Crippen LogP contribution in [0.4, 0.5) is 0 Å². The summed E-state index contributed by atoms with van der Waals surface area (Å²) in [5.74, 6) is 0.563. The number of aryl methyl sites for hydroxylation is 2. The van der Waals surface area contributed by atoms with Gasteiger partial charge in [0.15, 0.2) is 0 Å². The zero-order valence-electron chi connectivity index (χ0n) is 31.2. The standard InChI is InChI=1S/C24H23.C22H19.C2H6Si.2ClH.Zr/c1-3-4-8-19-13-14-22(24-16-17(2)15-23(19)24)21-12-7-10-18-9-5-6-11-20(18)21;1-15(2)18-13-17-9-6-12-21(22(17)14-18)20-11-5-8-16-7-3-4-10-19(16)20;1-3-2;;;/h5-7,9-16H,3-4,8H2,1-2H3;3-15H,1-2H3;1-2H3;2*1H;/q2*-1;;;;+4/p-2. The van der Waals surface area contributed by atoms with Crippen LogP contribution in [0.25, 0.3) is 65.3 Å². The van der Waals surface area contributed by atoms with Gasteiger partial charge in [-0.3, -0.25) is 0 Å². The minimum atomic E-state index is -0.826. The van der Waals surface area contributed by atoms with E-state index in [1.54, 1.807) is 0 Å². The average Bonchev–Trinajstić information content (AvgIpc) is 3.79. The third-order valence-electron chi connectivity index (χ3n) is 9.52. The molecule has 0 saturated heterocycles. The molecule has 2 radical (unpaired) electrons. The van der Waals surface area contributed by atoms with E-state index < -0.39 is 20.8 Å². The van der Waals surface area contributed by atoms with E-state index in [0.717, 1.165) is 9.52 Å². The molecule has 0 aromatic heterocycles. The Hall–Kier alpha value is -3.26. The molecule has 0 fully saturated rings. The molecule has 4 heteroatoms. The summed E-state index contributed by atoms with van der Waals surface area (Å²) in [7, 11) is 11.0. The summed E-state index contributed by atoms with van der Waals surface area (Å²) in [6.45, 7) is 13.3.